The van der Waals surface area contributed by atoms with E-state index in [0.717, 1.165) is 17.4 Å². The molecule has 3 aromatic heterocycles. The van der Waals surface area contributed by atoms with Gasteiger partial charge >= 0.3 is 5.69 Å². The zero-order chi connectivity index (χ0) is 21.0. The van der Waals surface area contributed by atoms with Gasteiger partial charge in [-0.2, -0.15) is 5.26 Å². The van der Waals surface area contributed by atoms with Crippen LogP contribution in [-0.2, 0) is 13.1 Å². The maximum atomic E-state index is 12.9. The number of rotatable bonds is 4. The summed E-state index contributed by atoms with van der Waals surface area (Å²) < 4.78 is 5.65. The first-order valence-electron chi connectivity index (χ1n) is 9.66. The van der Waals surface area contributed by atoms with Crippen molar-refractivity contribution in [3.8, 4) is 6.07 Å². The van der Waals surface area contributed by atoms with Gasteiger partial charge in [0.2, 0.25) is 5.78 Å². The van der Waals surface area contributed by atoms with Crippen molar-refractivity contribution in [3.63, 3.8) is 0 Å². The van der Waals surface area contributed by atoms with Crippen LogP contribution in [0.25, 0.3) is 16.7 Å². The third-order valence-corrected chi connectivity index (χ3v) is 5.45. The SMILES string of the molecule is CCn1c(=O)c2ccccc2n2c(Cn3c(=O)c(C#N)cn(C4CC4)c3=O)nnc12. The summed E-state index contributed by atoms with van der Waals surface area (Å²) in [6, 6.07) is 8.95. The first kappa shape index (κ1) is 18.1. The molecule has 3 heterocycles. The highest BCUT2D eigenvalue weighted by Crippen LogP contribution is 2.33. The molecule has 0 aliphatic heterocycles. The second kappa shape index (κ2) is 6.52. The van der Waals surface area contributed by atoms with Crippen LogP contribution in [0.4, 0.5) is 0 Å². The molecule has 1 aliphatic carbocycles. The molecule has 0 saturated heterocycles. The van der Waals surface area contributed by atoms with Crippen molar-refractivity contribution < 1.29 is 0 Å². The smallest absolute Gasteiger partial charge is 0.296 e. The molecule has 1 fully saturated rings. The van der Waals surface area contributed by atoms with Gasteiger partial charge in [0.15, 0.2) is 5.82 Å². The summed E-state index contributed by atoms with van der Waals surface area (Å²) in [7, 11) is 0. The average molecular weight is 403 g/mol. The lowest BCUT2D eigenvalue weighted by Crippen LogP contribution is -2.41. The van der Waals surface area contributed by atoms with Gasteiger partial charge in [-0.25, -0.2) is 4.79 Å². The molecule has 4 aromatic rings. The second-order valence-electron chi connectivity index (χ2n) is 7.29. The number of para-hydroxylation sites is 1. The summed E-state index contributed by atoms with van der Waals surface area (Å²) in [6.45, 7) is 2.07. The molecule has 0 atom stereocenters. The van der Waals surface area contributed by atoms with Gasteiger partial charge in [0.05, 0.1) is 17.4 Å². The molecule has 0 spiro atoms. The minimum atomic E-state index is -0.663. The molecule has 1 aromatic carbocycles. The van der Waals surface area contributed by atoms with E-state index in [1.54, 1.807) is 28.7 Å². The van der Waals surface area contributed by atoms with E-state index in [1.807, 2.05) is 13.0 Å². The molecule has 30 heavy (non-hydrogen) atoms. The lowest BCUT2D eigenvalue weighted by molar-refractivity contribution is 0.575. The van der Waals surface area contributed by atoms with E-state index in [-0.39, 0.29) is 23.7 Å². The second-order valence-corrected chi connectivity index (χ2v) is 7.29. The van der Waals surface area contributed by atoms with Crippen LogP contribution >= 0.6 is 0 Å². The largest absolute Gasteiger partial charge is 0.331 e. The van der Waals surface area contributed by atoms with Gasteiger partial charge in [0.1, 0.15) is 11.6 Å². The number of benzene rings is 1. The molecule has 150 valence electrons. The Morgan fingerprint density at radius 2 is 1.87 bits per heavy atom. The van der Waals surface area contributed by atoms with Crippen LogP contribution < -0.4 is 16.8 Å². The number of hydrogen-bond donors (Lipinski definition) is 0. The van der Waals surface area contributed by atoms with Gasteiger partial charge in [-0.3, -0.25) is 27.7 Å². The van der Waals surface area contributed by atoms with E-state index >= 15 is 0 Å². The average Bonchev–Trinajstić information content (AvgIpc) is 3.52. The van der Waals surface area contributed by atoms with Gasteiger partial charge in [-0.1, -0.05) is 12.1 Å². The summed E-state index contributed by atoms with van der Waals surface area (Å²) in [5.41, 5.74) is -0.824. The van der Waals surface area contributed by atoms with Crippen LogP contribution in [0, 0.1) is 11.3 Å². The molecule has 1 saturated carbocycles. The predicted molar refractivity (Wildman–Crippen MR) is 107 cm³/mol. The molecular weight excluding hydrogens is 386 g/mol. The van der Waals surface area contributed by atoms with Crippen LogP contribution in [0.1, 0.15) is 37.2 Å². The highest BCUT2D eigenvalue weighted by molar-refractivity contribution is 5.80. The molecular formula is C20H17N7O3. The molecule has 0 radical (unpaired) electrons. The van der Waals surface area contributed by atoms with Gasteiger partial charge in [-0.05, 0) is 31.9 Å². The fraction of sp³-hybridized carbons (Fsp3) is 0.300. The first-order chi connectivity index (χ1) is 14.5. The third-order valence-electron chi connectivity index (χ3n) is 5.45. The van der Waals surface area contributed by atoms with Gasteiger partial charge < -0.3 is 0 Å². The van der Waals surface area contributed by atoms with Crippen molar-refractivity contribution in [2.45, 2.75) is 38.9 Å². The van der Waals surface area contributed by atoms with E-state index in [1.165, 1.54) is 15.3 Å². The summed E-state index contributed by atoms with van der Waals surface area (Å²) in [5.74, 6) is 0.670. The van der Waals surface area contributed by atoms with Crippen molar-refractivity contribution >= 4 is 16.7 Å². The fourth-order valence-corrected chi connectivity index (χ4v) is 3.79. The zero-order valence-corrected chi connectivity index (χ0v) is 16.1. The van der Waals surface area contributed by atoms with E-state index in [2.05, 4.69) is 10.2 Å². The molecule has 0 N–H and O–H groups in total. The molecule has 0 bridgehead atoms. The lowest BCUT2D eigenvalue weighted by Gasteiger charge is -2.11. The number of aryl methyl sites for hydroxylation is 1. The highest BCUT2D eigenvalue weighted by atomic mass is 16.2. The molecule has 1 aliphatic rings. The van der Waals surface area contributed by atoms with Gasteiger partial charge in [-0.15, -0.1) is 10.2 Å². The Morgan fingerprint density at radius 3 is 2.57 bits per heavy atom. The summed E-state index contributed by atoms with van der Waals surface area (Å²) in [6.07, 6.45) is 3.01. The number of aromatic nitrogens is 6. The Morgan fingerprint density at radius 1 is 1.10 bits per heavy atom. The summed E-state index contributed by atoms with van der Waals surface area (Å²) in [4.78, 5) is 38.5. The Balaban J connectivity index is 1.79. The number of nitriles is 1. The lowest BCUT2D eigenvalue weighted by atomic mass is 10.2. The highest BCUT2D eigenvalue weighted by Gasteiger charge is 2.27. The monoisotopic (exact) mass is 403 g/mol. The van der Waals surface area contributed by atoms with Crippen LogP contribution in [-0.4, -0.2) is 28.3 Å². The maximum absolute atomic E-state index is 12.9. The first-order valence-corrected chi connectivity index (χ1v) is 9.66. The van der Waals surface area contributed by atoms with Crippen molar-refractivity contribution in [2.24, 2.45) is 0 Å². The van der Waals surface area contributed by atoms with Crippen molar-refractivity contribution in [3.05, 3.63) is 73.0 Å². The normalized spacial score (nSPS) is 13.7. The van der Waals surface area contributed by atoms with Crippen molar-refractivity contribution in [1.82, 2.24) is 28.3 Å². The fourth-order valence-electron chi connectivity index (χ4n) is 3.79. The topological polar surface area (TPSA) is 120 Å². The number of nitrogens with zero attached hydrogens (tertiary/aromatic N) is 7. The van der Waals surface area contributed by atoms with E-state index in [9.17, 15) is 19.6 Å². The Kier molecular flexibility index (Phi) is 3.92. The van der Waals surface area contributed by atoms with Crippen LogP contribution in [0.3, 0.4) is 0 Å². The standard InChI is InChI=1S/C20H17N7O3/c1-2-24-18(29)14-5-3-4-6-15(14)27-16(22-23-19(24)27)11-26-17(28)12(9-21)10-25(20(26)30)13-7-8-13/h3-6,10,13H,2,7-8,11H2,1H3. The number of fused-ring (bicyclic) bond motifs is 3. The van der Waals surface area contributed by atoms with Crippen LogP contribution in [0.5, 0.6) is 0 Å². The maximum Gasteiger partial charge on any atom is 0.331 e. The summed E-state index contributed by atoms with van der Waals surface area (Å²) in [5, 5.41) is 18.2. The third kappa shape index (κ3) is 2.52. The number of hydrogen-bond acceptors (Lipinski definition) is 6. The Labute approximate surface area is 168 Å². The summed E-state index contributed by atoms with van der Waals surface area (Å²) >= 11 is 0. The molecule has 0 unspecified atom stereocenters. The van der Waals surface area contributed by atoms with Crippen molar-refractivity contribution in [2.75, 3.05) is 0 Å². The van der Waals surface area contributed by atoms with Crippen molar-refractivity contribution in [1.29, 1.82) is 5.26 Å². The molecule has 0 amide bonds. The minimum absolute atomic E-state index is 0.0118. The quantitative estimate of drug-likeness (QED) is 0.493. The predicted octanol–water partition coefficient (Wildman–Crippen LogP) is 0.642. The zero-order valence-electron chi connectivity index (χ0n) is 16.1. The van der Waals surface area contributed by atoms with E-state index < -0.39 is 11.2 Å². The van der Waals surface area contributed by atoms with E-state index in [4.69, 9.17) is 0 Å². The minimum Gasteiger partial charge on any atom is -0.296 e. The van der Waals surface area contributed by atoms with Gasteiger partial charge in [0, 0.05) is 18.8 Å². The Bertz CT molecular complexity index is 1540. The molecule has 5 rings (SSSR count). The molecule has 10 heteroatoms. The van der Waals surface area contributed by atoms with Gasteiger partial charge in [0.25, 0.3) is 11.1 Å². The molecule has 10 nitrogen and oxygen atoms in total. The van der Waals surface area contributed by atoms with Crippen LogP contribution in [0.2, 0.25) is 0 Å². The van der Waals surface area contributed by atoms with Crippen LogP contribution in [0.15, 0.2) is 44.8 Å². The van der Waals surface area contributed by atoms with E-state index in [0.29, 0.717) is 29.0 Å². The Hall–Kier alpha value is -4.00.